The average Bonchev–Trinajstić information content (AvgIpc) is 3.21. The molecule has 2 aromatic rings. The van der Waals surface area contributed by atoms with E-state index in [9.17, 15) is 0 Å². The molecule has 0 radical (unpaired) electrons. The van der Waals surface area contributed by atoms with E-state index in [2.05, 4.69) is 25.1 Å². The number of guanidine groups is 1. The number of hydrogen-bond donors (Lipinski definition) is 2. The van der Waals surface area contributed by atoms with E-state index in [1.165, 1.54) is 0 Å². The quantitative estimate of drug-likeness (QED) is 0.387. The van der Waals surface area contributed by atoms with E-state index < -0.39 is 0 Å². The first kappa shape index (κ1) is 19.3. The number of benzene rings is 1. The van der Waals surface area contributed by atoms with Crippen molar-refractivity contribution in [3.63, 3.8) is 0 Å². The molecule has 0 fully saturated rings. The second kappa shape index (κ2) is 8.88. The molecular formula is C16H23IN6O2. The number of hydrogen-bond acceptors (Lipinski definition) is 5. The van der Waals surface area contributed by atoms with Crippen LogP contribution in [0.15, 0.2) is 23.2 Å². The normalized spacial score (nSPS) is 13.1. The molecule has 0 unspecified atom stereocenters. The van der Waals surface area contributed by atoms with Crippen molar-refractivity contribution >= 4 is 29.9 Å². The monoisotopic (exact) mass is 458 g/mol. The van der Waals surface area contributed by atoms with Gasteiger partial charge in [-0.05, 0) is 24.1 Å². The maximum atomic E-state index is 5.94. The molecule has 0 amide bonds. The number of aromatic nitrogens is 3. The average molecular weight is 458 g/mol. The lowest BCUT2D eigenvalue weighted by Crippen LogP contribution is -2.32. The molecule has 0 saturated carbocycles. The zero-order chi connectivity index (χ0) is 16.9. The molecule has 0 aliphatic carbocycles. The van der Waals surface area contributed by atoms with Gasteiger partial charge in [-0.3, -0.25) is 0 Å². The van der Waals surface area contributed by atoms with Crippen LogP contribution in [0, 0.1) is 0 Å². The Balaban J connectivity index is 0.00000225. The molecule has 0 saturated heterocycles. The van der Waals surface area contributed by atoms with E-state index in [4.69, 9.17) is 15.2 Å². The molecule has 0 bridgehead atoms. The number of nitrogens with one attached hydrogen (secondary N) is 1. The van der Waals surface area contributed by atoms with Gasteiger partial charge in [-0.15, -0.1) is 34.2 Å². The highest BCUT2D eigenvalue weighted by atomic mass is 127. The molecule has 9 heteroatoms. The summed E-state index contributed by atoms with van der Waals surface area (Å²) in [6.07, 6.45) is 2.12. The molecule has 1 aliphatic heterocycles. The third kappa shape index (κ3) is 4.53. The van der Waals surface area contributed by atoms with E-state index in [-0.39, 0.29) is 24.0 Å². The molecule has 3 N–H and O–H groups in total. The van der Waals surface area contributed by atoms with Gasteiger partial charge >= 0.3 is 0 Å². The Morgan fingerprint density at radius 2 is 2.08 bits per heavy atom. The first-order valence-electron chi connectivity index (χ1n) is 7.87. The number of methoxy groups -OCH3 is 2. The van der Waals surface area contributed by atoms with Crippen LogP contribution in [0.4, 0.5) is 0 Å². The Kier molecular flexibility index (Phi) is 6.85. The van der Waals surface area contributed by atoms with Gasteiger partial charge in [0.05, 0.1) is 27.3 Å². The summed E-state index contributed by atoms with van der Waals surface area (Å²) < 4.78 is 12.6. The van der Waals surface area contributed by atoms with Crippen LogP contribution in [-0.2, 0) is 26.1 Å². The van der Waals surface area contributed by atoms with Crippen LogP contribution in [0.3, 0.4) is 0 Å². The largest absolute Gasteiger partial charge is 0.493 e. The summed E-state index contributed by atoms with van der Waals surface area (Å²) >= 11 is 0. The number of halogens is 1. The van der Waals surface area contributed by atoms with E-state index in [0.717, 1.165) is 36.6 Å². The van der Waals surface area contributed by atoms with Crippen LogP contribution in [-0.4, -0.2) is 34.9 Å². The molecule has 0 spiro atoms. The van der Waals surface area contributed by atoms with Crippen molar-refractivity contribution in [1.29, 1.82) is 0 Å². The summed E-state index contributed by atoms with van der Waals surface area (Å²) in [5.41, 5.74) is 6.92. The number of nitrogens with zero attached hydrogens (tertiary/aromatic N) is 4. The summed E-state index contributed by atoms with van der Waals surface area (Å²) in [5.74, 6) is 3.69. The van der Waals surface area contributed by atoms with Crippen LogP contribution < -0.4 is 20.5 Å². The molecule has 3 rings (SSSR count). The lowest BCUT2D eigenvalue weighted by atomic mass is 10.2. The molecule has 1 aromatic carbocycles. The van der Waals surface area contributed by atoms with E-state index in [0.29, 0.717) is 30.5 Å². The maximum Gasteiger partial charge on any atom is 0.189 e. The predicted octanol–water partition coefficient (Wildman–Crippen LogP) is 1.46. The fourth-order valence-corrected chi connectivity index (χ4v) is 2.72. The minimum absolute atomic E-state index is 0. The number of aliphatic imine (C=N–C) groups is 1. The fraction of sp³-hybridized carbons (Fsp3) is 0.438. The Hall–Kier alpha value is -2.04. The molecular weight excluding hydrogens is 435 g/mol. The molecule has 0 atom stereocenters. The number of aryl methyl sites for hydroxylation is 1. The van der Waals surface area contributed by atoms with E-state index >= 15 is 0 Å². The lowest BCUT2D eigenvalue weighted by molar-refractivity contribution is 0.354. The van der Waals surface area contributed by atoms with Gasteiger partial charge in [-0.2, -0.15) is 0 Å². The lowest BCUT2D eigenvalue weighted by Gasteiger charge is -2.09. The second-order valence-electron chi connectivity index (χ2n) is 5.53. The summed E-state index contributed by atoms with van der Waals surface area (Å²) in [7, 11) is 3.22. The van der Waals surface area contributed by atoms with Crippen molar-refractivity contribution in [3.05, 3.63) is 35.4 Å². The minimum Gasteiger partial charge on any atom is -0.493 e. The number of rotatable bonds is 6. The third-order valence-corrected chi connectivity index (χ3v) is 3.99. The van der Waals surface area contributed by atoms with Gasteiger partial charge in [0, 0.05) is 13.0 Å². The van der Waals surface area contributed by atoms with Crippen molar-refractivity contribution in [2.45, 2.75) is 32.5 Å². The van der Waals surface area contributed by atoms with Gasteiger partial charge in [0.1, 0.15) is 5.82 Å². The topological polar surface area (TPSA) is 99.6 Å². The minimum atomic E-state index is 0. The molecule has 136 valence electrons. The molecule has 1 aliphatic rings. The Morgan fingerprint density at radius 3 is 2.84 bits per heavy atom. The van der Waals surface area contributed by atoms with E-state index in [1.54, 1.807) is 14.2 Å². The first-order valence-corrected chi connectivity index (χ1v) is 7.87. The first-order chi connectivity index (χ1) is 11.7. The van der Waals surface area contributed by atoms with Crippen LogP contribution >= 0.6 is 24.0 Å². The fourth-order valence-electron chi connectivity index (χ4n) is 2.72. The zero-order valence-electron chi connectivity index (χ0n) is 14.4. The Bertz CT molecular complexity index is 746. The van der Waals surface area contributed by atoms with Gasteiger partial charge < -0.3 is 25.1 Å². The summed E-state index contributed by atoms with van der Waals surface area (Å²) in [6, 6.07) is 5.68. The smallest absolute Gasteiger partial charge is 0.189 e. The Labute approximate surface area is 163 Å². The molecule has 2 heterocycles. The second-order valence-corrected chi connectivity index (χ2v) is 5.53. The van der Waals surface area contributed by atoms with Crippen molar-refractivity contribution in [2.75, 3.05) is 14.2 Å². The predicted molar refractivity (Wildman–Crippen MR) is 105 cm³/mol. The number of fused-ring (bicyclic) bond motifs is 1. The van der Waals surface area contributed by atoms with Crippen molar-refractivity contribution < 1.29 is 9.47 Å². The highest BCUT2D eigenvalue weighted by Crippen LogP contribution is 2.27. The van der Waals surface area contributed by atoms with Crippen LogP contribution in [0.25, 0.3) is 0 Å². The van der Waals surface area contributed by atoms with E-state index in [1.807, 2.05) is 18.2 Å². The van der Waals surface area contributed by atoms with Gasteiger partial charge in [0.25, 0.3) is 0 Å². The molecule has 1 aromatic heterocycles. The summed E-state index contributed by atoms with van der Waals surface area (Å²) in [4.78, 5) is 4.35. The number of ether oxygens (including phenoxy) is 2. The SMILES string of the molecule is COc1ccc(CN=C(N)NCc2nnc3n2CCC3)cc1OC.I. The zero-order valence-corrected chi connectivity index (χ0v) is 16.7. The van der Waals surface area contributed by atoms with Gasteiger partial charge in [0.15, 0.2) is 23.3 Å². The van der Waals surface area contributed by atoms with Crippen LogP contribution in [0.2, 0.25) is 0 Å². The van der Waals surface area contributed by atoms with Crippen molar-refractivity contribution in [3.8, 4) is 11.5 Å². The van der Waals surface area contributed by atoms with Gasteiger partial charge in [0.2, 0.25) is 0 Å². The van der Waals surface area contributed by atoms with Crippen LogP contribution in [0.5, 0.6) is 11.5 Å². The van der Waals surface area contributed by atoms with Crippen molar-refractivity contribution in [2.24, 2.45) is 10.7 Å². The molecule has 25 heavy (non-hydrogen) atoms. The van der Waals surface area contributed by atoms with Gasteiger partial charge in [-0.25, -0.2) is 4.99 Å². The van der Waals surface area contributed by atoms with Gasteiger partial charge in [-0.1, -0.05) is 6.07 Å². The Morgan fingerprint density at radius 1 is 1.28 bits per heavy atom. The number of nitrogens with two attached hydrogens (primary N) is 1. The highest BCUT2D eigenvalue weighted by molar-refractivity contribution is 14.0. The van der Waals surface area contributed by atoms with Crippen molar-refractivity contribution in [1.82, 2.24) is 20.1 Å². The summed E-state index contributed by atoms with van der Waals surface area (Å²) in [5, 5.41) is 11.4. The highest BCUT2D eigenvalue weighted by Gasteiger charge is 2.16. The third-order valence-electron chi connectivity index (χ3n) is 3.99. The maximum absolute atomic E-state index is 5.94. The summed E-state index contributed by atoms with van der Waals surface area (Å²) in [6.45, 7) is 1.95. The standard InChI is InChI=1S/C16H22N6O2.HI/c1-23-12-6-5-11(8-13(12)24-2)9-18-16(17)19-10-15-21-20-14-4-3-7-22(14)15;/h5-6,8H,3-4,7,9-10H2,1-2H3,(H3,17,18,19);1H. The molecule has 8 nitrogen and oxygen atoms in total. The van der Waals surface area contributed by atoms with Crippen LogP contribution in [0.1, 0.15) is 23.6 Å².